The summed E-state index contributed by atoms with van der Waals surface area (Å²) < 4.78 is 0. The summed E-state index contributed by atoms with van der Waals surface area (Å²) in [6.07, 6.45) is 10.6. The van der Waals surface area contributed by atoms with Crippen LogP contribution in [0.5, 0.6) is 0 Å². The first-order valence-corrected chi connectivity index (χ1v) is 7.14. The highest BCUT2D eigenvalue weighted by atomic mass is 16.3. The molecule has 2 aliphatic rings. The highest BCUT2D eigenvalue weighted by Crippen LogP contribution is 2.48. The maximum absolute atomic E-state index is 9.05. The Morgan fingerprint density at radius 1 is 1.25 bits per heavy atom. The molecule has 16 heavy (non-hydrogen) atoms. The minimum atomic E-state index is 0.365. The van der Waals surface area contributed by atoms with E-state index < -0.39 is 0 Å². The van der Waals surface area contributed by atoms with Gasteiger partial charge in [-0.3, -0.25) is 0 Å². The van der Waals surface area contributed by atoms with Crippen molar-refractivity contribution < 1.29 is 5.11 Å². The lowest BCUT2D eigenvalue weighted by molar-refractivity contribution is 0.215. The van der Waals surface area contributed by atoms with Crippen molar-refractivity contribution in [2.75, 3.05) is 13.2 Å². The topological polar surface area (TPSA) is 32.3 Å². The van der Waals surface area contributed by atoms with Crippen LogP contribution >= 0.6 is 0 Å². The van der Waals surface area contributed by atoms with Gasteiger partial charge in [0.15, 0.2) is 0 Å². The lowest BCUT2D eigenvalue weighted by Gasteiger charge is -2.33. The zero-order valence-electron chi connectivity index (χ0n) is 10.7. The summed E-state index contributed by atoms with van der Waals surface area (Å²) in [7, 11) is 0. The second-order valence-electron chi connectivity index (χ2n) is 5.91. The van der Waals surface area contributed by atoms with Gasteiger partial charge in [0.25, 0.3) is 0 Å². The van der Waals surface area contributed by atoms with E-state index in [1.807, 2.05) is 0 Å². The molecule has 0 amide bonds. The van der Waals surface area contributed by atoms with Crippen molar-refractivity contribution in [1.29, 1.82) is 0 Å². The molecule has 2 saturated carbocycles. The van der Waals surface area contributed by atoms with Crippen molar-refractivity contribution in [2.45, 2.75) is 64.3 Å². The normalized spacial score (nSPS) is 32.6. The molecule has 0 bridgehead atoms. The average molecular weight is 225 g/mol. The molecule has 0 spiro atoms. The van der Waals surface area contributed by atoms with E-state index in [-0.39, 0.29) is 0 Å². The molecular weight excluding hydrogens is 198 g/mol. The van der Waals surface area contributed by atoms with E-state index >= 15 is 0 Å². The van der Waals surface area contributed by atoms with Gasteiger partial charge in [-0.05, 0) is 43.4 Å². The number of rotatable bonds is 6. The van der Waals surface area contributed by atoms with Gasteiger partial charge in [0, 0.05) is 19.2 Å². The van der Waals surface area contributed by atoms with E-state index in [0.717, 1.165) is 24.9 Å². The quantitative estimate of drug-likeness (QED) is 0.728. The molecule has 2 rings (SSSR count). The maximum atomic E-state index is 9.05. The van der Waals surface area contributed by atoms with E-state index in [1.165, 1.54) is 44.9 Å². The van der Waals surface area contributed by atoms with Gasteiger partial charge in [-0.25, -0.2) is 0 Å². The SMILES string of the molecule is CCC1CCCCC1NCC1(CCO)CC1. The Morgan fingerprint density at radius 3 is 2.62 bits per heavy atom. The summed E-state index contributed by atoms with van der Waals surface area (Å²) in [5.41, 5.74) is 0.477. The number of aliphatic hydroxyl groups is 1. The Balaban J connectivity index is 1.75. The van der Waals surface area contributed by atoms with Crippen LogP contribution in [0, 0.1) is 11.3 Å². The highest BCUT2D eigenvalue weighted by Gasteiger charge is 2.42. The molecule has 0 saturated heterocycles. The smallest absolute Gasteiger partial charge is 0.0436 e. The first-order valence-electron chi connectivity index (χ1n) is 7.14. The molecule has 2 heteroatoms. The van der Waals surface area contributed by atoms with Crippen molar-refractivity contribution in [3.05, 3.63) is 0 Å². The van der Waals surface area contributed by atoms with Gasteiger partial charge >= 0.3 is 0 Å². The van der Waals surface area contributed by atoms with Crippen molar-refractivity contribution in [3.63, 3.8) is 0 Å². The fourth-order valence-corrected chi connectivity index (χ4v) is 3.24. The Kier molecular flexibility index (Phi) is 4.26. The Bertz CT molecular complexity index is 213. The molecule has 0 radical (unpaired) electrons. The molecule has 0 aromatic carbocycles. The van der Waals surface area contributed by atoms with Gasteiger partial charge in [0.2, 0.25) is 0 Å². The molecule has 2 nitrogen and oxygen atoms in total. The number of nitrogens with one attached hydrogen (secondary N) is 1. The van der Waals surface area contributed by atoms with Crippen LogP contribution < -0.4 is 5.32 Å². The van der Waals surface area contributed by atoms with Crippen LogP contribution in [0.2, 0.25) is 0 Å². The maximum Gasteiger partial charge on any atom is 0.0436 e. The number of hydrogen-bond acceptors (Lipinski definition) is 2. The second-order valence-corrected chi connectivity index (χ2v) is 5.91. The van der Waals surface area contributed by atoms with E-state index in [4.69, 9.17) is 5.11 Å². The van der Waals surface area contributed by atoms with Crippen LogP contribution in [0.4, 0.5) is 0 Å². The van der Waals surface area contributed by atoms with Gasteiger partial charge in [-0.2, -0.15) is 0 Å². The summed E-state index contributed by atoms with van der Waals surface area (Å²) in [4.78, 5) is 0. The first kappa shape index (κ1) is 12.4. The van der Waals surface area contributed by atoms with Crippen LogP contribution in [-0.2, 0) is 0 Å². The summed E-state index contributed by atoms with van der Waals surface area (Å²) >= 11 is 0. The summed E-state index contributed by atoms with van der Waals surface area (Å²) in [5, 5.41) is 12.8. The van der Waals surface area contributed by atoms with Crippen LogP contribution in [0.15, 0.2) is 0 Å². The predicted octanol–water partition coefficient (Wildman–Crippen LogP) is 2.71. The van der Waals surface area contributed by atoms with Gasteiger partial charge in [-0.15, -0.1) is 0 Å². The van der Waals surface area contributed by atoms with Crippen LogP contribution in [-0.4, -0.2) is 24.3 Å². The first-order chi connectivity index (χ1) is 7.79. The molecule has 0 aliphatic heterocycles. The largest absolute Gasteiger partial charge is 0.396 e. The molecule has 2 unspecified atom stereocenters. The standard InChI is InChI=1S/C14H27NO/c1-2-12-5-3-4-6-13(12)15-11-14(7-8-14)9-10-16/h12-13,15-16H,2-11H2,1H3. The van der Waals surface area contributed by atoms with Crippen LogP contribution in [0.25, 0.3) is 0 Å². The van der Waals surface area contributed by atoms with Gasteiger partial charge in [0.1, 0.15) is 0 Å². The minimum absolute atomic E-state index is 0.365. The summed E-state index contributed by atoms with van der Waals surface area (Å²) in [5.74, 6) is 0.902. The lowest BCUT2D eigenvalue weighted by atomic mass is 9.82. The van der Waals surface area contributed by atoms with Gasteiger partial charge in [-0.1, -0.05) is 26.2 Å². The third kappa shape index (κ3) is 2.98. The Hall–Kier alpha value is -0.0800. The average Bonchev–Trinajstić information content (AvgIpc) is 3.08. The minimum Gasteiger partial charge on any atom is -0.396 e. The van der Waals surface area contributed by atoms with Crippen LogP contribution in [0.1, 0.15) is 58.3 Å². The van der Waals surface area contributed by atoms with E-state index in [9.17, 15) is 0 Å². The third-order valence-corrected chi connectivity index (χ3v) is 4.77. The molecule has 0 aromatic rings. The molecule has 2 atom stereocenters. The molecular formula is C14H27NO. The van der Waals surface area contributed by atoms with E-state index in [2.05, 4.69) is 12.2 Å². The molecule has 2 aliphatic carbocycles. The fraction of sp³-hybridized carbons (Fsp3) is 1.00. The molecule has 0 heterocycles. The van der Waals surface area contributed by atoms with Crippen molar-refractivity contribution in [3.8, 4) is 0 Å². The van der Waals surface area contributed by atoms with E-state index in [0.29, 0.717) is 12.0 Å². The Labute approximate surface area is 99.8 Å². The second kappa shape index (κ2) is 5.50. The highest BCUT2D eigenvalue weighted by molar-refractivity contribution is 4.96. The van der Waals surface area contributed by atoms with Crippen molar-refractivity contribution in [2.24, 2.45) is 11.3 Å². The lowest BCUT2D eigenvalue weighted by Crippen LogP contribution is -2.41. The summed E-state index contributed by atoms with van der Waals surface area (Å²) in [6.45, 7) is 3.84. The van der Waals surface area contributed by atoms with Crippen molar-refractivity contribution in [1.82, 2.24) is 5.32 Å². The molecule has 2 fully saturated rings. The molecule has 0 aromatic heterocycles. The van der Waals surface area contributed by atoms with Crippen molar-refractivity contribution >= 4 is 0 Å². The fourth-order valence-electron chi connectivity index (χ4n) is 3.24. The van der Waals surface area contributed by atoms with E-state index in [1.54, 1.807) is 0 Å². The number of aliphatic hydroxyl groups excluding tert-OH is 1. The monoisotopic (exact) mass is 225 g/mol. The third-order valence-electron chi connectivity index (χ3n) is 4.77. The molecule has 94 valence electrons. The zero-order valence-corrected chi connectivity index (χ0v) is 10.7. The van der Waals surface area contributed by atoms with Crippen LogP contribution in [0.3, 0.4) is 0 Å². The predicted molar refractivity (Wildman–Crippen MR) is 67.4 cm³/mol. The van der Waals surface area contributed by atoms with Gasteiger partial charge in [0.05, 0.1) is 0 Å². The Morgan fingerprint density at radius 2 is 2.00 bits per heavy atom. The molecule has 2 N–H and O–H groups in total. The zero-order chi connectivity index (χ0) is 11.4. The number of hydrogen-bond donors (Lipinski definition) is 2. The van der Waals surface area contributed by atoms with Gasteiger partial charge < -0.3 is 10.4 Å². The summed E-state index contributed by atoms with van der Waals surface area (Å²) in [6, 6.07) is 0.759.